The molecule has 7 nitrogen and oxygen atoms in total. The lowest BCUT2D eigenvalue weighted by Gasteiger charge is -2.51. The van der Waals surface area contributed by atoms with Crippen LogP contribution in [0.15, 0.2) is 16.5 Å². The third-order valence-electron chi connectivity index (χ3n) is 8.40. The molecule has 3 N–H and O–H groups in total. The first-order valence-electron chi connectivity index (χ1n) is 12.1. The number of hydrogen-bond donors (Lipinski definition) is 3. The Morgan fingerprint density at radius 1 is 1.16 bits per heavy atom. The highest BCUT2D eigenvalue weighted by Crippen LogP contribution is 2.63. The average molecular weight is 449 g/mol. The monoisotopic (exact) mass is 448 g/mol. The number of fused-ring (bicyclic) bond motifs is 1. The van der Waals surface area contributed by atoms with Crippen LogP contribution in [0.1, 0.15) is 70.8 Å². The topological polar surface area (TPSA) is 95.2 Å². The third-order valence-corrected chi connectivity index (χ3v) is 8.40. The van der Waals surface area contributed by atoms with E-state index in [1.54, 1.807) is 0 Å². The first-order valence-corrected chi connectivity index (χ1v) is 12.1. The number of nitrogens with one attached hydrogen (secondary N) is 1. The van der Waals surface area contributed by atoms with Crippen molar-refractivity contribution in [3.05, 3.63) is 23.7 Å². The molecule has 0 unspecified atom stereocenters. The van der Waals surface area contributed by atoms with Crippen molar-refractivity contribution in [2.75, 3.05) is 26.3 Å². The standard InChI is InChI=1S/C25H40N2O5/c1-23(2)15-21(26-16-18-4-5-19(17-28)32-18)25(9-8-24(3,30)14-20(23)25)7-6-22(29)27-10-12-31-13-11-27/h4-5,20-21,26,28,30H,6-17H2,1-3H3/t20-,21-,24-,25-/m0/s1. The van der Waals surface area contributed by atoms with Crippen molar-refractivity contribution in [2.45, 2.75) is 84.1 Å². The fourth-order valence-electron chi connectivity index (χ4n) is 6.65. The van der Waals surface area contributed by atoms with E-state index in [0.29, 0.717) is 50.9 Å². The predicted octanol–water partition coefficient (Wildman–Crippen LogP) is 2.84. The van der Waals surface area contributed by atoms with E-state index < -0.39 is 5.60 Å². The molecule has 2 saturated carbocycles. The van der Waals surface area contributed by atoms with Gasteiger partial charge in [-0.2, -0.15) is 0 Å². The van der Waals surface area contributed by atoms with Crippen LogP contribution in [-0.4, -0.2) is 59.0 Å². The second-order valence-electron chi connectivity index (χ2n) is 11.1. The van der Waals surface area contributed by atoms with Crippen molar-refractivity contribution in [1.82, 2.24) is 10.2 Å². The molecule has 2 heterocycles. The minimum absolute atomic E-state index is 0.0277. The van der Waals surface area contributed by atoms with Crippen LogP contribution in [0.5, 0.6) is 0 Å². The average Bonchev–Trinajstić information content (AvgIpc) is 3.31. The summed E-state index contributed by atoms with van der Waals surface area (Å²) in [5, 5.41) is 24.0. The minimum Gasteiger partial charge on any atom is -0.462 e. The quantitative estimate of drug-likeness (QED) is 0.594. The normalized spacial score (nSPS) is 34.5. The van der Waals surface area contributed by atoms with Crippen LogP contribution in [0.25, 0.3) is 0 Å². The minimum atomic E-state index is -0.647. The van der Waals surface area contributed by atoms with Crippen molar-refractivity contribution >= 4 is 5.91 Å². The first-order chi connectivity index (χ1) is 15.2. The van der Waals surface area contributed by atoms with Gasteiger partial charge in [-0.05, 0) is 67.9 Å². The summed E-state index contributed by atoms with van der Waals surface area (Å²) in [5.41, 5.74) is -0.602. The van der Waals surface area contributed by atoms with E-state index in [1.165, 1.54) is 0 Å². The van der Waals surface area contributed by atoms with Crippen LogP contribution in [-0.2, 0) is 22.7 Å². The molecule has 0 bridgehead atoms. The Balaban J connectivity index is 1.52. The van der Waals surface area contributed by atoms with Gasteiger partial charge in [0.25, 0.3) is 0 Å². The van der Waals surface area contributed by atoms with E-state index in [2.05, 4.69) is 19.2 Å². The van der Waals surface area contributed by atoms with Gasteiger partial charge in [-0.15, -0.1) is 0 Å². The fraction of sp³-hybridized carbons (Fsp3) is 0.800. The van der Waals surface area contributed by atoms with Gasteiger partial charge in [0.1, 0.15) is 18.1 Å². The summed E-state index contributed by atoms with van der Waals surface area (Å²) in [6, 6.07) is 3.97. The van der Waals surface area contributed by atoms with Gasteiger partial charge in [0.15, 0.2) is 0 Å². The lowest BCUT2D eigenvalue weighted by Crippen LogP contribution is -2.51. The van der Waals surface area contributed by atoms with E-state index in [9.17, 15) is 15.0 Å². The van der Waals surface area contributed by atoms with Crippen LogP contribution in [0.2, 0.25) is 0 Å². The smallest absolute Gasteiger partial charge is 0.222 e. The number of hydrogen-bond acceptors (Lipinski definition) is 6. The fourth-order valence-corrected chi connectivity index (χ4v) is 6.65. The molecule has 3 aliphatic rings. The zero-order valence-corrected chi connectivity index (χ0v) is 19.9. The summed E-state index contributed by atoms with van der Waals surface area (Å²) in [4.78, 5) is 14.9. The van der Waals surface area contributed by atoms with Crippen molar-refractivity contribution in [1.29, 1.82) is 0 Å². The Labute approximate surface area is 191 Å². The number of carbonyl (C=O) groups is 1. The lowest BCUT2D eigenvalue weighted by molar-refractivity contribution is -0.137. The van der Waals surface area contributed by atoms with Gasteiger partial charge in [0.05, 0.1) is 25.4 Å². The molecule has 0 aromatic carbocycles. The lowest BCUT2D eigenvalue weighted by atomic mass is 9.57. The summed E-state index contributed by atoms with van der Waals surface area (Å²) < 4.78 is 11.1. The maximum Gasteiger partial charge on any atom is 0.222 e. The number of nitrogens with zero attached hydrogens (tertiary/aromatic N) is 1. The highest BCUT2D eigenvalue weighted by atomic mass is 16.5. The van der Waals surface area contributed by atoms with Crippen molar-refractivity contribution in [3.63, 3.8) is 0 Å². The summed E-state index contributed by atoms with van der Waals surface area (Å²) in [6.07, 6.45) is 4.85. The number of ether oxygens (including phenoxy) is 1. The third kappa shape index (κ3) is 4.76. The molecule has 4 atom stereocenters. The van der Waals surface area contributed by atoms with Crippen molar-refractivity contribution < 1.29 is 24.2 Å². The largest absolute Gasteiger partial charge is 0.462 e. The Morgan fingerprint density at radius 3 is 2.56 bits per heavy atom. The second kappa shape index (κ2) is 9.09. The molecule has 7 heteroatoms. The summed E-state index contributed by atoms with van der Waals surface area (Å²) >= 11 is 0. The molecule has 32 heavy (non-hydrogen) atoms. The number of amides is 1. The van der Waals surface area contributed by atoms with Crippen molar-refractivity contribution in [2.24, 2.45) is 16.7 Å². The SMILES string of the molecule is CC1(C)C[C@H](NCc2ccc(CO)o2)[C@@]2(CCC(=O)N3CCOCC3)CC[C@](C)(O)C[C@@H]12. The molecule has 3 fully saturated rings. The van der Waals surface area contributed by atoms with E-state index >= 15 is 0 Å². The van der Waals surface area contributed by atoms with Gasteiger partial charge < -0.3 is 29.6 Å². The van der Waals surface area contributed by atoms with Gasteiger partial charge >= 0.3 is 0 Å². The van der Waals surface area contributed by atoms with Crippen LogP contribution in [0.3, 0.4) is 0 Å². The number of rotatable bonds is 7. The van der Waals surface area contributed by atoms with Gasteiger partial charge in [0.2, 0.25) is 5.91 Å². The van der Waals surface area contributed by atoms with Gasteiger partial charge in [-0.25, -0.2) is 0 Å². The maximum atomic E-state index is 13.0. The Kier molecular flexibility index (Phi) is 6.74. The summed E-state index contributed by atoms with van der Waals surface area (Å²) in [6.45, 7) is 9.71. The molecule has 0 radical (unpaired) electrons. The summed E-state index contributed by atoms with van der Waals surface area (Å²) in [7, 11) is 0. The van der Waals surface area contributed by atoms with Gasteiger partial charge in [-0.1, -0.05) is 13.8 Å². The molecule has 2 aliphatic carbocycles. The molecule has 0 spiro atoms. The molecule has 1 amide bonds. The molecule has 180 valence electrons. The summed E-state index contributed by atoms with van der Waals surface area (Å²) in [5.74, 6) is 1.96. The van der Waals surface area contributed by atoms with E-state index in [4.69, 9.17) is 9.15 Å². The van der Waals surface area contributed by atoms with E-state index in [1.807, 2.05) is 24.0 Å². The van der Waals surface area contributed by atoms with E-state index in [-0.39, 0.29) is 29.4 Å². The first kappa shape index (κ1) is 23.7. The molecule has 1 saturated heterocycles. The number of morpholine rings is 1. The van der Waals surface area contributed by atoms with E-state index in [0.717, 1.165) is 37.9 Å². The van der Waals surface area contributed by atoms with Crippen LogP contribution in [0.4, 0.5) is 0 Å². The number of aliphatic hydroxyl groups is 2. The molecule has 1 aromatic rings. The Hall–Kier alpha value is -1.41. The number of furan rings is 1. The Bertz CT molecular complexity index is 798. The van der Waals surface area contributed by atoms with Gasteiger partial charge in [0, 0.05) is 25.6 Å². The predicted molar refractivity (Wildman–Crippen MR) is 121 cm³/mol. The van der Waals surface area contributed by atoms with Crippen LogP contribution >= 0.6 is 0 Å². The highest BCUT2D eigenvalue weighted by Gasteiger charge is 2.61. The Morgan fingerprint density at radius 2 is 1.88 bits per heavy atom. The molecular formula is C25H40N2O5. The highest BCUT2D eigenvalue weighted by molar-refractivity contribution is 5.76. The molecule has 4 rings (SSSR count). The van der Waals surface area contributed by atoms with Crippen LogP contribution in [0, 0.1) is 16.7 Å². The molecular weight excluding hydrogens is 408 g/mol. The zero-order chi connectivity index (χ0) is 23.0. The maximum absolute atomic E-state index is 13.0. The zero-order valence-electron chi connectivity index (χ0n) is 19.9. The molecule has 1 aromatic heterocycles. The van der Waals surface area contributed by atoms with Crippen LogP contribution < -0.4 is 5.32 Å². The second-order valence-corrected chi connectivity index (χ2v) is 11.1. The van der Waals surface area contributed by atoms with Crippen molar-refractivity contribution in [3.8, 4) is 0 Å². The number of carbonyl (C=O) groups excluding carboxylic acids is 1. The van der Waals surface area contributed by atoms with Gasteiger partial charge in [-0.3, -0.25) is 4.79 Å². The molecule has 1 aliphatic heterocycles. The number of aliphatic hydroxyl groups excluding tert-OH is 1.